The van der Waals surface area contributed by atoms with Gasteiger partial charge < -0.3 is 29.4 Å². The number of rotatable bonds is 4. The fraction of sp³-hybridized carbons (Fsp3) is 0.381. The number of fused-ring (bicyclic) bond motifs is 1. The number of hydrogen-bond donors (Lipinski definition) is 6. The van der Waals surface area contributed by atoms with Gasteiger partial charge in [-0.2, -0.15) is 0 Å². The van der Waals surface area contributed by atoms with E-state index in [-0.39, 0.29) is 52.4 Å². The van der Waals surface area contributed by atoms with Crippen LogP contribution in [0.4, 0.5) is 5.69 Å². The van der Waals surface area contributed by atoms with E-state index in [4.69, 9.17) is 11.6 Å². The van der Waals surface area contributed by atoms with Crippen molar-refractivity contribution < 1.29 is 56.8 Å². The molecule has 1 fully saturated rings. The first kappa shape index (κ1) is 31.7. The van der Waals surface area contributed by atoms with Crippen LogP contribution in [0.25, 0.3) is 6.08 Å². The molecule has 0 radical (unpaired) electrons. The van der Waals surface area contributed by atoms with Crippen LogP contribution < -0.4 is 5.01 Å². The standard InChI is InChI=1S/C21H29ClN5O9P3/c1-18-2-3-19-14-20(22)4-5-21(19)27(18)26-12-10-24(16-38(31,32)33)8-6-23(15-37(28,29)30)7-9-25(11-13-26)17-39(34,35)36/h2-5,14-17H,1,6-13H2,(H3-3,28,29,30,31,32,33,34,35,36)/p+3. The summed E-state index contributed by atoms with van der Waals surface area (Å²) in [6, 6.07) is 5.29. The number of benzene rings is 1. The summed E-state index contributed by atoms with van der Waals surface area (Å²) < 4.78 is 39.3. The van der Waals surface area contributed by atoms with Crippen LogP contribution in [0, 0.1) is 0 Å². The lowest BCUT2D eigenvalue weighted by Crippen LogP contribution is -2.49. The quantitative estimate of drug-likeness (QED) is 0.203. The van der Waals surface area contributed by atoms with E-state index in [1.54, 1.807) is 24.3 Å². The average Bonchev–Trinajstić information content (AvgIpc) is 2.77. The second-order valence-electron chi connectivity index (χ2n) is 9.01. The number of nitrogens with zero attached hydrogens (tertiary/aromatic N) is 5. The first-order valence-electron chi connectivity index (χ1n) is 11.7. The molecule has 0 atom stereocenters. The predicted molar refractivity (Wildman–Crippen MR) is 148 cm³/mol. The Labute approximate surface area is 230 Å². The summed E-state index contributed by atoms with van der Waals surface area (Å²) in [4.78, 5) is 57.3. The number of allylic oxidation sites excluding steroid dienone is 1. The molecule has 0 amide bonds. The van der Waals surface area contributed by atoms with Crippen molar-refractivity contribution in [1.29, 1.82) is 0 Å². The van der Waals surface area contributed by atoms with Gasteiger partial charge in [0, 0.05) is 10.6 Å². The Morgan fingerprint density at radius 2 is 1.18 bits per heavy atom. The van der Waals surface area contributed by atoms with Crippen molar-refractivity contribution in [3.63, 3.8) is 0 Å². The predicted octanol–water partition coefficient (Wildman–Crippen LogP) is 0.573. The fourth-order valence-corrected chi connectivity index (χ4v) is 6.38. The lowest BCUT2D eigenvalue weighted by atomic mass is 10.1. The molecule has 0 unspecified atom stereocenters. The molecule has 1 saturated heterocycles. The molecule has 0 aliphatic carbocycles. The maximum Gasteiger partial charge on any atom is 0.411 e. The van der Waals surface area contributed by atoms with Gasteiger partial charge in [-0.05, 0) is 24.3 Å². The molecular weight excluding hydrogens is 595 g/mol. The van der Waals surface area contributed by atoms with Gasteiger partial charge >= 0.3 is 22.8 Å². The van der Waals surface area contributed by atoms with E-state index >= 15 is 0 Å². The molecule has 1 aromatic carbocycles. The van der Waals surface area contributed by atoms with Gasteiger partial charge in [-0.1, -0.05) is 24.3 Å². The molecular formula is C21H32ClN5O9P3+3. The summed E-state index contributed by atoms with van der Waals surface area (Å²) >= 11 is 6.17. The lowest BCUT2D eigenvalue weighted by Gasteiger charge is -2.38. The largest absolute Gasteiger partial charge is 0.411 e. The highest BCUT2D eigenvalue weighted by Gasteiger charge is 2.30. The SMILES string of the molecule is C=C1C=Cc2cc(Cl)ccc2N1N1CC[N+](=CP(=O)(O)O)CC[N+](=CP(=O)(O)O)CC[N+](=CP(=O)(O)O)CC1. The van der Waals surface area contributed by atoms with Gasteiger partial charge in [0.2, 0.25) is 26.2 Å². The lowest BCUT2D eigenvalue weighted by molar-refractivity contribution is -0.622. The minimum absolute atomic E-state index is 0.00466. The van der Waals surface area contributed by atoms with Gasteiger partial charge in [0.1, 0.15) is 0 Å². The summed E-state index contributed by atoms with van der Waals surface area (Å²) in [7, 11) is -13.8. The van der Waals surface area contributed by atoms with E-state index in [1.165, 1.54) is 13.7 Å². The van der Waals surface area contributed by atoms with Crippen LogP contribution in [0.1, 0.15) is 5.56 Å². The van der Waals surface area contributed by atoms with Crippen molar-refractivity contribution in [2.75, 3.05) is 57.4 Å². The summed E-state index contributed by atoms with van der Waals surface area (Å²) in [6.07, 6.45) is 3.63. The molecule has 3 rings (SSSR count). The van der Waals surface area contributed by atoms with Crippen molar-refractivity contribution in [3.05, 3.63) is 47.1 Å². The summed E-state index contributed by atoms with van der Waals surface area (Å²) in [5, 5.41) is 4.19. The fourth-order valence-electron chi connectivity index (χ4n) is 4.23. The van der Waals surface area contributed by atoms with E-state index in [0.717, 1.165) is 23.2 Å². The van der Waals surface area contributed by atoms with Crippen molar-refractivity contribution in [3.8, 4) is 0 Å². The first-order chi connectivity index (χ1) is 18.0. The number of hydrazine groups is 1. The third-order valence-corrected chi connectivity index (χ3v) is 7.93. The van der Waals surface area contributed by atoms with Gasteiger partial charge in [-0.15, -0.1) is 0 Å². The smallest absolute Gasteiger partial charge is 0.317 e. The van der Waals surface area contributed by atoms with E-state index in [2.05, 4.69) is 6.58 Å². The zero-order valence-electron chi connectivity index (χ0n) is 20.8. The van der Waals surface area contributed by atoms with Crippen molar-refractivity contribution in [2.24, 2.45) is 0 Å². The Balaban J connectivity index is 2.04. The van der Waals surface area contributed by atoms with E-state index in [9.17, 15) is 43.1 Å². The highest BCUT2D eigenvalue weighted by atomic mass is 35.5. The van der Waals surface area contributed by atoms with Crippen LogP contribution in [-0.4, -0.2) is 118 Å². The van der Waals surface area contributed by atoms with Crippen LogP contribution in [0.5, 0.6) is 0 Å². The zero-order chi connectivity index (χ0) is 29.0. The number of halogens is 1. The normalized spacial score (nSPS) is 21.1. The maximum atomic E-state index is 11.8. The Morgan fingerprint density at radius 1 is 0.744 bits per heavy atom. The van der Waals surface area contributed by atoms with Gasteiger partial charge in [0.05, 0.1) is 24.5 Å². The minimum Gasteiger partial charge on any atom is -0.317 e. The molecule has 6 N–H and O–H groups in total. The molecule has 2 aliphatic heterocycles. The molecule has 2 heterocycles. The molecule has 0 spiro atoms. The Hall–Kier alpha value is -1.79. The molecule has 2 aliphatic rings. The van der Waals surface area contributed by atoms with Crippen molar-refractivity contribution >= 4 is 64.0 Å². The maximum absolute atomic E-state index is 11.8. The minimum atomic E-state index is -4.61. The van der Waals surface area contributed by atoms with Crippen LogP contribution in [0.15, 0.2) is 36.6 Å². The average molecular weight is 627 g/mol. The van der Waals surface area contributed by atoms with E-state index in [0.29, 0.717) is 16.7 Å². The summed E-state index contributed by atoms with van der Waals surface area (Å²) in [5.41, 5.74) is 2.15. The molecule has 0 aromatic heterocycles. The summed E-state index contributed by atoms with van der Waals surface area (Å²) in [6.45, 7) is 4.70. The number of anilines is 1. The summed E-state index contributed by atoms with van der Waals surface area (Å²) in [5.74, 6) is 2.29. The Kier molecular flexibility index (Phi) is 10.4. The molecule has 0 saturated carbocycles. The van der Waals surface area contributed by atoms with Crippen LogP contribution in [0.2, 0.25) is 5.02 Å². The second kappa shape index (κ2) is 12.8. The highest BCUT2D eigenvalue weighted by Crippen LogP contribution is 2.34. The van der Waals surface area contributed by atoms with Crippen LogP contribution in [0.3, 0.4) is 0 Å². The topological polar surface area (TPSA) is 188 Å². The van der Waals surface area contributed by atoms with Crippen molar-refractivity contribution in [2.45, 2.75) is 0 Å². The van der Waals surface area contributed by atoms with Crippen LogP contribution in [-0.2, 0) is 13.7 Å². The zero-order valence-corrected chi connectivity index (χ0v) is 24.3. The molecule has 18 heteroatoms. The van der Waals surface area contributed by atoms with Crippen LogP contribution >= 0.6 is 34.4 Å². The first-order valence-corrected chi connectivity index (χ1v) is 17.1. The highest BCUT2D eigenvalue weighted by molar-refractivity contribution is 7.68. The molecule has 0 bridgehead atoms. The molecule has 39 heavy (non-hydrogen) atoms. The van der Waals surface area contributed by atoms with Crippen molar-refractivity contribution in [1.82, 2.24) is 5.01 Å². The van der Waals surface area contributed by atoms with E-state index < -0.39 is 22.8 Å². The third kappa shape index (κ3) is 10.6. The van der Waals surface area contributed by atoms with Gasteiger partial charge in [-0.3, -0.25) is 5.01 Å². The van der Waals surface area contributed by atoms with E-state index in [1.807, 2.05) is 16.1 Å². The van der Waals surface area contributed by atoms with Gasteiger partial charge in [0.15, 0.2) is 13.1 Å². The van der Waals surface area contributed by atoms with Gasteiger partial charge in [0.25, 0.3) is 17.9 Å². The van der Waals surface area contributed by atoms with Gasteiger partial charge in [-0.25, -0.2) is 32.4 Å². The molecule has 14 nitrogen and oxygen atoms in total. The Morgan fingerprint density at radius 3 is 1.62 bits per heavy atom. The second-order valence-corrected chi connectivity index (χ2v) is 13.7. The monoisotopic (exact) mass is 626 g/mol. The third-order valence-electron chi connectivity index (χ3n) is 5.81. The number of hydrogen-bond acceptors (Lipinski definition) is 5. The Bertz CT molecular complexity index is 1330. The molecule has 214 valence electrons. The molecule has 1 aromatic rings.